The number of hydrogen-bond donors (Lipinski definition) is 1. The number of furan rings is 1. The van der Waals surface area contributed by atoms with Gasteiger partial charge in [-0.25, -0.2) is 0 Å². The minimum Gasteiger partial charge on any atom is -0.468 e. The third-order valence-corrected chi connectivity index (χ3v) is 3.57. The molecular weight excluding hydrogens is 264 g/mol. The maximum absolute atomic E-state index is 12.4. The molecule has 0 saturated heterocycles. The Hall–Kier alpha value is -1.81. The number of aryl methyl sites for hydroxylation is 1. The van der Waals surface area contributed by atoms with Crippen LogP contribution in [0.1, 0.15) is 48.3 Å². The molecule has 0 aliphatic carbocycles. The highest BCUT2D eigenvalue weighted by Crippen LogP contribution is 2.24. The van der Waals surface area contributed by atoms with Gasteiger partial charge in [0.1, 0.15) is 5.76 Å². The van der Waals surface area contributed by atoms with E-state index in [0.29, 0.717) is 13.1 Å². The first kappa shape index (κ1) is 15.6. The fourth-order valence-electron chi connectivity index (χ4n) is 2.88. The number of rotatable bonds is 5. The zero-order chi connectivity index (χ0) is 15.6. The third-order valence-electron chi connectivity index (χ3n) is 3.57. The smallest absolute Gasteiger partial charge is 0.178 e. The van der Waals surface area contributed by atoms with Crippen molar-refractivity contribution in [2.45, 2.75) is 46.7 Å². The van der Waals surface area contributed by atoms with Crippen LogP contribution in [0.15, 0.2) is 28.9 Å². The van der Waals surface area contributed by atoms with E-state index in [2.05, 4.69) is 30.7 Å². The molecule has 2 rings (SSSR count). The van der Waals surface area contributed by atoms with E-state index in [4.69, 9.17) is 4.42 Å². The standard InChI is InChI=1S/C17H24N2O2/c1-12-9-15(13(2)19(12)17(3,4)5)16(20)11-18-10-14-7-6-8-21-14/h6-9,18H,10-11H2,1-5H3. The Bertz CT molecular complexity index is 616. The molecule has 21 heavy (non-hydrogen) atoms. The Kier molecular flexibility index (Phi) is 4.37. The Labute approximate surface area is 126 Å². The molecule has 2 aromatic heterocycles. The summed E-state index contributed by atoms with van der Waals surface area (Å²) in [7, 11) is 0. The van der Waals surface area contributed by atoms with Gasteiger partial charge in [-0.1, -0.05) is 0 Å². The van der Waals surface area contributed by atoms with Gasteiger partial charge in [-0.15, -0.1) is 0 Å². The van der Waals surface area contributed by atoms with Crippen molar-refractivity contribution < 1.29 is 9.21 Å². The predicted molar refractivity (Wildman–Crippen MR) is 83.6 cm³/mol. The summed E-state index contributed by atoms with van der Waals surface area (Å²) in [6, 6.07) is 5.72. The quantitative estimate of drug-likeness (QED) is 0.857. The lowest BCUT2D eigenvalue weighted by molar-refractivity contribution is 0.0989. The molecule has 0 bridgehead atoms. The van der Waals surface area contributed by atoms with Gasteiger partial charge >= 0.3 is 0 Å². The minimum atomic E-state index is -0.0195. The zero-order valence-corrected chi connectivity index (χ0v) is 13.5. The van der Waals surface area contributed by atoms with Gasteiger partial charge in [0.15, 0.2) is 5.78 Å². The number of nitrogens with one attached hydrogen (secondary N) is 1. The van der Waals surface area contributed by atoms with Crippen molar-refractivity contribution in [1.82, 2.24) is 9.88 Å². The van der Waals surface area contributed by atoms with Gasteiger partial charge in [-0.2, -0.15) is 0 Å². The van der Waals surface area contributed by atoms with Crippen molar-refractivity contribution in [3.05, 3.63) is 47.2 Å². The van der Waals surface area contributed by atoms with E-state index in [1.54, 1.807) is 6.26 Å². The first-order valence-corrected chi connectivity index (χ1v) is 7.26. The number of carbonyl (C=O) groups is 1. The van der Waals surface area contributed by atoms with Crippen LogP contribution in [0.25, 0.3) is 0 Å². The Morgan fingerprint density at radius 2 is 2.05 bits per heavy atom. The molecule has 4 nitrogen and oxygen atoms in total. The molecule has 2 heterocycles. The highest BCUT2D eigenvalue weighted by atomic mass is 16.3. The van der Waals surface area contributed by atoms with Crippen LogP contribution in [0.3, 0.4) is 0 Å². The Balaban J connectivity index is 2.06. The van der Waals surface area contributed by atoms with Crippen LogP contribution in [0.2, 0.25) is 0 Å². The van der Waals surface area contributed by atoms with Crippen molar-refractivity contribution in [2.75, 3.05) is 6.54 Å². The van der Waals surface area contributed by atoms with Crippen LogP contribution in [0.4, 0.5) is 0 Å². The molecule has 0 aromatic carbocycles. The van der Waals surface area contributed by atoms with Crippen molar-refractivity contribution in [3.63, 3.8) is 0 Å². The zero-order valence-electron chi connectivity index (χ0n) is 13.5. The van der Waals surface area contributed by atoms with Crippen LogP contribution >= 0.6 is 0 Å². The fraction of sp³-hybridized carbons (Fsp3) is 0.471. The molecule has 1 N–H and O–H groups in total. The molecule has 4 heteroatoms. The van der Waals surface area contributed by atoms with Crippen molar-refractivity contribution in [2.24, 2.45) is 0 Å². The highest BCUT2D eigenvalue weighted by Gasteiger charge is 2.22. The van der Waals surface area contributed by atoms with Crippen LogP contribution < -0.4 is 5.32 Å². The van der Waals surface area contributed by atoms with E-state index in [9.17, 15) is 4.79 Å². The number of aromatic nitrogens is 1. The van der Waals surface area contributed by atoms with Gasteiger partial charge in [-0.05, 0) is 52.8 Å². The maximum atomic E-state index is 12.4. The van der Waals surface area contributed by atoms with Crippen LogP contribution in [0.5, 0.6) is 0 Å². The number of ketones is 1. The summed E-state index contributed by atoms with van der Waals surface area (Å²) in [5.74, 6) is 0.952. The van der Waals surface area contributed by atoms with E-state index in [1.807, 2.05) is 32.0 Å². The molecule has 0 unspecified atom stereocenters. The Morgan fingerprint density at radius 1 is 1.33 bits per heavy atom. The molecule has 2 aromatic rings. The summed E-state index contributed by atoms with van der Waals surface area (Å²) in [6.45, 7) is 11.4. The van der Waals surface area contributed by atoms with Crippen LogP contribution in [-0.4, -0.2) is 16.9 Å². The van der Waals surface area contributed by atoms with E-state index >= 15 is 0 Å². The summed E-state index contributed by atoms with van der Waals surface area (Å²) < 4.78 is 7.45. The Morgan fingerprint density at radius 3 is 2.57 bits per heavy atom. The lowest BCUT2D eigenvalue weighted by Crippen LogP contribution is -2.26. The lowest BCUT2D eigenvalue weighted by atomic mass is 10.1. The molecule has 0 radical (unpaired) electrons. The van der Waals surface area contributed by atoms with Crippen LogP contribution in [0, 0.1) is 13.8 Å². The SMILES string of the molecule is Cc1cc(C(=O)CNCc2ccco2)c(C)n1C(C)(C)C. The fourth-order valence-corrected chi connectivity index (χ4v) is 2.88. The maximum Gasteiger partial charge on any atom is 0.178 e. The molecule has 0 amide bonds. The second-order valence-electron chi connectivity index (χ2n) is 6.40. The van der Waals surface area contributed by atoms with Gasteiger partial charge in [0, 0.05) is 22.5 Å². The minimum absolute atomic E-state index is 0.0195. The average molecular weight is 288 g/mol. The van der Waals surface area contributed by atoms with Crippen molar-refractivity contribution in [1.29, 1.82) is 0 Å². The number of hydrogen-bond acceptors (Lipinski definition) is 3. The molecule has 0 spiro atoms. The summed E-state index contributed by atoms with van der Waals surface area (Å²) in [4.78, 5) is 12.4. The predicted octanol–water partition coefficient (Wildman–Crippen LogP) is 3.43. The summed E-state index contributed by atoms with van der Waals surface area (Å²) in [5, 5.41) is 3.13. The average Bonchev–Trinajstić information content (AvgIpc) is 2.96. The lowest BCUT2D eigenvalue weighted by Gasteiger charge is -2.25. The van der Waals surface area contributed by atoms with Crippen molar-refractivity contribution in [3.8, 4) is 0 Å². The number of carbonyl (C=O) groups excluding carboxylic acids is 1. The summed E-state index contributed by atoms with van der Waals surface area (Å²) in [5.41, 5.74) is 2.93. The van der Waals surface area contributed by atoms with E-state index in [0.717, 1.165) is 22.7 Å². The largest absolute Gasteiger partial charge is 0.468 e. The second-order valence-corrected chi connectivity index (χ2v) is 6.40. The third kappa shape index (κ3) is 3.45. The second kappa shape index (κ2) is 5.90. The molecule has 0 fully saturated rings. The van der Waals surface area contributed by atoms with Crippen LogP contribution in [-0.2, 0) is 12.1 Å². The molecule has 0 aliphatic heterocycles. The normalized spacial score (nSPS) is 11.9. The number of Topliss-reactive ketones (excluding diaryl/α,β-unsaturated/α-hetero) is 1. The van der Waals surface area contributed by atoms with E-state index in [1.165, 1.54) is 0 Å². The summed E-state index contributed by atoms with van der Waals surface area (Å²) in [6.07, 6.45) is 1.63. The summed E-state index contributed by atoms with van der Waals surface area (Å²) >= 11 is 0. The molecule has 0 aliphatic rings. The van der Waals surface area contributed by atoms with Gasteiger partial charge < -0.3 is 14.3 Å². The first-order valence-electron chi connectivity index (χ1n) is 7.26. The molecule has 0 saturated carbocycles. The highest BCUT2D eigenvalue weighted by molar-refractivity contribution is 5.99. The molecule has 114 valence electrons. The monoisotopic (exact) mass is 288 g/mol. The molecular formula is C17H24N2O2. The van der Waals surface area contributed by atoms with Gasteiger partial charge in [0.05, 0.1) is 19.4 Å². The first-order chi connectivity index (χ1) is 9.80. The van der Waals surface area contributed by atoms with Gasteiger partial charge in [0.2, 0.25) is 0 Å². The topological polar surface area (TPSA) is 47.2 Å². The van der Waals surface area contributed by atoms with Crippen molar-refractivity contribution >= 4 is 5.78 Å². The van der Waals surface area contributed by atoms with E-state index < -0.39 is 0 Å². The van der Waals surface area contributed by atoms with E-state index in [-0.39, 0.29) is 11.3 Å². The molecule has 0 atom stereocenters. The van der Waals surface area contributed by atoms with Gasteiger partial charge in [-0.3, -0.25) is 4.79 Å². The van der Waals surface area contributed by atoms with Gasteiger partial charge in [0.25, 0.3) is 0 Å². The number of nitrogens with zero attached hydrogens (tertiary/aromatic N) is 1.